The van der Waals surface area contributed by atoms with Crippen molar-refractivity contribution in [1.29, 1.82) is 0 Å². The van der Waals surface area contributed by atoms with Crippen molar-refractivity contribution in [3.05, 3.63) is 27.7 Å². The summed E-state index contributed by atoms with van der Waals surface area (Å²) in [7, 11) is -2.13. The number of halogens is 3. The van der Waals surface area contributed by atoms with E-state index in [4.69, 9.17) is 39.2 Å². The van der Waals surface area contributed by atoms with E-state index < -0.39 is 13.6 Å². The van der Waals surface area contributed by atoms with Crippen LogP contribution in [-0.4, -0.2) is 13.6 Å². The zero-order valence-electron chi connectivity index (χ0n) is 13.8. The molecule has 0 saturated heterocycles. The Morgan fingerprint density at radius 2 is 1.41 bits per heavy atom. The molecule has 0 aliphatic heterocycles. The molecule has 0 aliphatic carbocycles. The van der Waals surface area contributed by atoms with Crippen molar-refractivity contribution in [1.82, 2.24) is 0 Å². The summed E-state index contributed by atoms with van der Waals surface area (Å²) >= 11 is 18.0. The van der Waals surface area contributed by atoms with Gasteiger partial charge < -0.3 is 4.43 Å². The van der Waals surface area contributed by atoms with Crippen molar-refractivity contribution >= 4 is 48.4 Å². The molecule has 0 saturated carbocycles. The number of benzene rings is 1. The number of hydrogen-bond donors (Lipinski definition) is 0. The van der Waals surface area contributed by atoms with Gasteiger partial charge in [0.15, 0.2) is 0 Å². The van der Waals surface area contributed by atoms with Crippen molar-refractivity contribution in [3.8, 4) is 5.75 Å². The first-order chi connectivity index (χ1) is 10.1. The molecule has 0 heterocycles. The molecule has 0 radical (unpaired) electrons. The predicted octanol–water partition coefficient (Wildman–Crippen LogP) is 6.93. The van der Waals surface area contributed by atoms with Crippen LogP contribution in [0.4, 0.5) is 0 Å². The van der Waals surface area contributed by atoms with Crippen LogP contribution in [0.25, 0.3) is 0 Å². The summed E-state index contributed by atoms with van der Waals surface area (Å²) in [5.74, 6) is 0.538. The lowest BCUT2D eigenvalue weighted by atomic mass is 10.2. The average molecular weight is 382 g/mol. The van der Waals surface area contributed by atoms with E-state index >= 15 is 0 Å². The Hall–Kier alpha value is -0.223. The molecule has 22 heavy (non-hydrogen) atoms. The third-order valence-corrected chi connectivity index (χ3v) is 11.3. The summed E-state index contributed by atoms with van der Waals surface area (Å²) in [4.78, 5) is 11.3. The second kappa shape index (κ2) is 7.56. The van der Waals surface area contributed by atoms with E-state index in [1.807, 2.05) is 0 Å². The highest BCUT2D eigenvalue weighted by Crippen LogP contribution is 2.45. The van der Waals surface area contributed by atoms with Crippen LogP contribution in [0.15, 0.2) is 12.1 Å². The maximum Gasteiger partial charge on any atom is 0.258 e. The van der Waals surface area contributed by atoms with Crippen molar-refractivity contribution in [2.75, 3.05) is 0 Å². The van der Waals surface area contributed by atoms with E-state index in [9.17, 15) is 4.79 Å². The zero-order valence-corrected chi connectivity index (χ0v) is 17.1. The van der Waals surface area contributed by atoms with E-state index in [1.165, 1.54) is 0 Å². The Kier molecular flexibility index (Phi) is 6.82. The highest BCUT2D eigenvalue weighted by molar-refractivity contribution is 6.78. The molecule has 6 heteroatoms. The third-order valence-electron chi connectivity index (χ3n) is 4.25. The Morgan fingerprint density at radius 1 is 0.955 bits per heavy atom. The minimum Gasteiger partial charge on any atom is -0.542 e. The number of carbonyl (C=O) groups excluding carboxylic acids is 1. The van der Waals surface area contributed by atoms with Gasteiger partial charge in [0.25, 0.3) is 13.6 Å². The Bertz CT molecular complexity index is 535. The van der Waals surface area contributed by atoms with E-state index in [0.717, 1.165) is 0 Å². The second-order valence-corrected chi connectivity index (χ2v) is 12.9. The van der Waals surface area contributed by atoms with Gasteiger partial charge in [0.05, 0.1) is 10.6 Å². The highest BCUT2D eigenvalue weighted by Gasteiger charge is 2.47. The topological polar surface area (TPSA) is 26.3 Å². The monoisotopic (exact) mass is 380 g/mol. The molecule has 0 atom stereocenters. The molecule has 1 aromatic rings. The van der Waals surface area contributed by atoms with Gasteiger partial charge in [-0.3, -0.25) is 4.79 Å². The molecular formula is C16H23Cl3O2Si. The first-order valence-electron chi connectivity index (χ1n) is 7.42. The van der Waals surface area contributed by atoms with Gasteiger partial charge in [-0.15, -0.1) is 0 Å². The Morgan fingerprint density at radius 3 is 1.77 bits per heavy atom. The van der Waals surface area contributed by atoms with Gasteiger partial charge in [-0.1, -0.05) is 64.7 Å². The highest BCUT2D eigenvalue weighted by atomic mass is 35.5. The van der Waals surface area contributed by atoms with Gasteiger partial charge in [-0.25, -0.2) is 0 Å². The van der Waals surface area contributed by atoms with Crippen LogP contribution < -0.4 is 4.43 Å². The average Bonchev–Trinajstić information content (AvgIpc) is 2.38. The fraction of sp³-hybridized carbons (Fsp3) is 0.562. The van der Waals surface area contributed by atoms with Crippen molar-refractivity contribution < 1.29 is 9.22 Å². The van der Waals surface area contributed by atoms with Crippen LogP contribution in [-0.2, 0) is 0 Å². The van der Waals surface area contributed by atoms with E-state index in [1.54, 1.807) is 12.1 Å². The molecule has 2 nitrogen and oxygen atoms in total. The first kappa shape index (κ1) is 19.8. The zero-order chi connectivity index (χ0) is 17.2. The van der Waals surface area contributed by atoms with Crippen molar-refractivity contribution in [2.45, 2.75) is 58.2 Å². The first-order valence-corrected chi connectivity index (χ1v) is 10.7. The van der Waals surface area contributed by atoms with Gasteiger partial charge in [-0.2, -0.15) is 0 Å². The molecule has 0 bridgehead atoms. The standard InChI is InChI=1S/C16H23Cl3O2Si/c1-9(2)22(10(3)4,11(5)6)21-13-8-7-12(16(19)20)14(17)15(13)18/h7-11H,1-6H3. The lowest BCUT2D eigenvalue weighted by Gasteiger charge is -2.42. The van der Waals surface area contributed by atoms with Crippen molar-refractivity contribution in [2.24, 2.45) is 0 Å². The smallest absolute Gasteiger partial charge is 0.258 e. The SMILES string of the molecule is CC(C)[Si](Oc1ccc(C(=O)Cl)c(Cl)c1Cl)(C(C)C)C(C)C. The lowest BCUT2D eigenvalue weighted by Crippen LogP contribution is -2.50. The van der Waals surface area contributed by atoms with Gasteiger partial charge >= 0.3 is 0 Å². The summed E-state index contributed by atoms with van der Waals surface area (Å²) in [5.41, 5.74) is 1.44. The molecular weight excluding hydrogens is 359 g/mol. The minimum atomic E-state index is -2.13. The molecule has 1 aromatic carbocycles. The number of hydrogen-bond acceptors (Lipinski definition) is 2. The largest absolute Gasteiger partial charge is 0.542 e. The second-order valence-electron chi connectivity index (χ2n) is 6.43. The summed E-state index contributed by atoms with van der Waals surface area (Å²) < 4.78 is 6.50. The summed E-state index contributed by atoms with van der Waals surface area (Å²) in [5, 5.41) is -0.219. The van der Waals surface area contributed by atoms with Crippen LogP contribution >= 0.6 is 34.8 Å². The molecule has 0 N–H and O–H groups in total. The van der Waals surface area contributed by atoms with Gasteiger partial charge in [-0.05, 0) is 40.4 Å². The molecule has 124 valence electrons. The van der Waals surface area contributed by atoms with E-state index in [2.05, 4.69) is 41.5 Å². The maximum absolute atomic E-state index is 11.3. The fourth-order valence-electron chi connectivity index (χ4n) is 3.31. The normalized spacial score (nSPS) is 12.4. The number of rotatable bonds is 6. The summed E-state index contributed by atoms with van der Waals surface area (Å²) in [6, 6.07) is 3.26. The molecule has 0 fully saturated rings. The number of carbonyl (C=O) groups is 1. The summed E-state index contributed by atoms with van der Waals surface area (Å²) in [6.45, 7) is 13.2. The lowest BCUT2D eigenvalue weighted by molar-refractivity contribution is 0.108. The molecule has 0 amide bonds. The van der Waals surface area contributed by atoms with E-state index in [-0.39, 0.29) is 15.6 Å². The van der Waals surface area contributed by atoms with Crippen LogP contribution in [0.5, 0.6) is 5.75 Å². The quantitative estimate of drug-likeness (QED) is 0.394. The van der Waals surface area contributed by atoms with Gasteiger partial charge in [0, 0.05) is 0 Å². The third kappa shape index (κ3) is 3.64. The van der Waals surface area contributed by atoms with Crippen LogP contribution in [0.2, 0.25) is 26.7 Å². The fourth-order valence-corrected chi connectivity index (χ4v) is 9.28. The molecule has 0 unspecified atom stereocenters. The molecule has 0 spiro atoms. The summed E-state index contributed by atoms with van der Waals surface area (Å²) in [6.07, 6.45) is 0. The molecule has 1 rings (SSSR count). The predicted molar refractivity (Wildman–Crippen MR) is 98.3 cm³/mol. The Labute approximate surface area is 149 Å². The Balaban J connectivity index is 3.37. The van der Waals surface area contributed by atoms with Crippen LogP contribution in [0, 0.1) is 0 Å². The van der Waals surface area contributed by atoms with Gasteiger partial charge in [0.2, 0.25) is 0 Å². The van der Waals surface area contributed by atoms with Crippen LogP contribution in [0.3, 0.4) is 0 Å². The minimum absolute atomic E-state index is 0.151. The van der Waals surface area contributed by atoms with Crippen LogP contribution in [0.1, 0.15) is 51.9 Å². The maximum atomic E-state index is 11.3. The molecule has 0 aromatic heterocycles. The molecule has 0 aliphatic rings. The van der Waals surface area contributed by atoms with Gasteiger partial charge in [0.1, 0.15) is 10.8 Å². The van der Waals surface area contributed by atoms with E-state index in [0.29, 0.717) is 22.4 Å². The van der Waals surface area contributed by atoms with Crippen molar-refractivity contribution in [3.63, 3.8) is 0 Å².